The predicted molar refractivity (Wildman–Crippen MR) is 28.4 cm³/mol. The van der Waals surface area contributed by atoms with E-state index in [1.54, 1.807) is 0 Å². The van der Waals surface area contributed by atoms with Crippen LogP contribution in [0.15, 0.2) is 0 Å². The largest absolute Gasteiger partial charge is 0.327 e. The van der Waals surface area contributed by atoms with Gasteiger partial charge in [-0.2, -0.15) is 0 Å². The maximum atomic E-state index is 9.65. The first-order chi connectivity index (χ1) is 3.31. The van der Waals surface area contributed by atoms with Gasteiger partial charge in [-0.15, -0.1) is 0 Å². The summed E-state index contributed by atoms with van der Waals surface area (Å²) in [4.78, 5) is 0. The van der Waals surface area contributed by atoms with E-state index in [-0.39, 0.29) is 31.9 Å². The molecule has 0 aliphatic heterocycles. The molecule has 2 nitrogen and oxygen atoms in total. The van der Waals surface area contributed by atoms with Crippen molar-refractivity contribution in [3.05, 3.63) is 0 Å². The molecule has 0 spiro atoms. The van der Waals surface area contributed by atoms with Gasteiger partial charge in [0.2, 0.25) is 0 Å². The van der Waals surface area contributed by atoms with E-state index in [9.17, 15) is 4.57 Å². The molecule has 0 aliphatic carbocycles. The average molecular weight is 176 g/mol. The van der Waals surface area contributed by atoms with Crippen LogP contribution in [0.2, 0.25) is 0 Å². The second-order valence-corrected chi connectivity index (χ2v) is 1.76. The minimum Gasteiger partial charge on any atom is -0.291 e. The Bertz CT molecular complexity index is 60.0. The van der Waals surface area contributed by atoms with Crippen molar-refractivity contribution in [3.63, 3.8) is 0 Å². The van der Waals surface area contributed by atoms with Gasteiger partial charge in [0.05, 0.1) is 6.10 Å². The first-order valence-electron chi connectivity index (χ1n) is 2.29. The van der Waals surface area contributed by atoms with E-state index in [0.29, 0.717) is 0 Å². The van der Waals surface area contributed by atoms with Crippen molar-refractivity contribution < 1.29 is 26.2 Å². The maximum absolute atomic E-state index is 9.65. The van der Waals surface area contributed by atoms with Crippen molar-refractivity contribution in [2.45, 2.75) is 26.4 Å². The Morgan fingerprint density at radius 3 is 2.38 bits per heavy atom. The molecule has 0 aliphatic rings. The van der Waals surface area contributed by atoms with Gasteiger partial charge in [0, 0.05) is 17.1 Å². The van der Waals surface area contributed by atoms with Crippen LogP contribution in [-0.2, 0) is 26.2 Å². The van der Waals surface area contributed by atoms with E-state index < -0.39 is 0 Å². The van der Waals surface area contributed by atoms with Crippen LogP contribution in [0.3, 0.4) is 0 Å². The zero-order valence-corrected chi connectivity index (χ0v) is 6.90. The Morgan fingerprint density at radius 2 is 2.25 bits per heavy atom. The molecule has 0 saturated heterocycles. The van der Waals surface area contributed by atoms with Gasteiger partial charge in [0.1, 0.15) is 0 Å². The SMILES string of the molecule is CCC(C)OP=O.[Fe]. The molecule has 50 valence electrons. The zero-order valence-electron chi connectivity index (χ0n) is 4.90. The first kappa shape index (κ1) is 11.4. The Kier molecular flexibility index (Phi) is 10.8. The molecule has 0 fully saturated rings. The molecule has 0 aromatic rings. The zero-order chi connectivity index (χ0) is 5.70. The molecule has 0 N–H and O–H groups in total. The topological polar surface area (TPSA) is 26.3 Å². The van der Waals surface area contributed by atoms with Crippen LogP contribution < -0.4 is 0 Å². The average Bonchev–Trinajstić information content (AvgIpc) is 1.68. The van der Waals surface area contributed by atoms with E-state index in [1.165, 1.54) is 0 Å². The number of rotatable bonds is 3. The van der Waals surface area contributed by atoms with Gasteiger partial charge >= 0.3 is 8.69 Å². The third kappa shape index (κ3) is 6.58. The quantitative estimate of drug-likeness (QED) is 0.485. The summed E-state index contributed by atoms with van der Waals surface area (Å²) in [6.07, 6.45) is 1.04. The van der Waals surface area contributed by atoms with Gasteiger partial charge in [-0.3, -0.25) is 4.52 Å². The van der Waals surface area contributed by atoms with Crippen molar-refractivity contribution in [1.82, 2.24) is 0 Å². The second kappa shape index (κ2) is 7.58. The molecule has 0 aromatic heterocycles. The smallest absolute Gasteiger partial charge is 0.291 e. The summed E-state index contributed by atoms with van der Waals surface area (Å²) in [6, 6.07) is 0. The molecule has 0 bridgehead atoms. The van der Waals surface area contributed by atoms with Crippen LogP contribution in [-0.4, -0.2) is 6.10 Å². The van der Waals surface area contributed by atoms with Crippen LogP contribution in [0.5, 0.6) is 0 Å². The van der Waals surface area contributed by atoms with Gasteiger partial charge < -0.3 is 0 Å². The molecule has 0 heterocycles. The van der Waals surface area contributed by atoms with Crippen molar-refractivity contribution in [2.75, 3.05) is 0 Å². The van der Waals surface area contributed by atoms with Gasteiger partial charge in [-0.25, -0.2) is 4.57 Å². The summed E-state index contributed by atoms with van der Waals surface area (Å²) >= 11 is 0. The summed E-state index contributed by atoms with van der Waals surface area (Å²) in [5.74, 6) is 0. The minimum absolute atomic E-state index is 0. The molecule has 1 atom stereocenters. The summed E-state index contributed by atoms with van der Waals surface area (Å²) in [5, 5.41) is 0. The molecule has 0 saturated carbocycles. The van der Waals surface area contributed by atoms with Gasteiger partial charge in [0.25, 0.3) is 0 Å². The molecule has 8 heavy (non-hydrogen) atoms. The van der Waals surface area contributed by atoms with E-state index in [4.69, 9.17) is 0 Å². The summed E-state index contributed by atoms with van der Waals surface area (Å²) in [7, 11) is -0.210. The molecule has 0 rings (SSSR count). The molecular weight excluding hydrogens is 167 g/mol. The van der Waals surface area contributed by atoms with Gasteiger partial charge in [-0.05, 0) is 13.3 Å². The van der Waals surface area contributed by atoms with E-state index in [1.807, 2.05) is 13.8 Å². The van der Waals surface area contributed by atoms with E-state index in [0.717, 1.165) is 6.42 Å². The maximum Gasteiger partial charge on any atom is 0.327 e. The van der Waals surface area contributed by atoms with Crippen molar-refractivity contribution in [3.8, 4) is 0 Å². The Hall–Kier alpha value is 0.579. The Balaban J connectivity index is 0. The van der Waals surface area contributed by atoms with Crippen molar-refractivity contribution in [1.29, 1.82) is 0 Å². The number of hydrogen-bond acceptors (Lipinski definition) is 2. The molecule has 0 amide bonds. The van der Waals surface area contributed by atoms with Crippen LogP contribution in [0, 0.1) is 0 Å². The summed E-state index contributed by atoms with van der Waals surface area (Å²) < 4.78 is 14.3. The Labute approximate surface area is 61.7 Å². The normalized spacial score (nSPS) is 12.8. The van der Waals surface area contributed by atoms with E-state index >= 15 is 0 Å². The van der Waals surface area contributed by atoms with Crippen LogP contribution in [0.25, 0.3) is 0 Å². The van der Waals surface area contributed by atoms with Crippen LogP contribution in [0.1, 0.15) is 20.3 Å². The third-order valence-corrected chi connectivity index (χ3v) is 1.24. The molecule has 0 radical (unpaired) electrons. The fourth-order valence-electron chi connectivity index (χ4n) is 0.148. The fourth-order valence-corrected chi connectivity index (χ4v) is 0.444. The molecular formula is C4H9FeO2P. The van der Waals surface area contributed by atoms with E-state index in [2.05, 4.69) is 4.52 Å². The number of hydrogen-bond donors (Lipinski definition) is 0. The van der Waals surface area contributed by atoms with Crippen LogP contribution >= 0.6 is 8.69 Å². The molecule has 4 heteroatoms. The minimum atomic E-state index is -0.210. The summed E-state index contributed by atoms with van der Waals surface area (Å²) in [6.45, 7) is 3.86. The summed E-state index contributed by atoms with van der Waals surface area (Å²) in [5.41, 5.74) is 0. The van der Waals surface area contributed by atoms with Crippen molar-refractivity contribution in [2.24, 2.45) is 0 Å². The van der Waals surface area contributed by atoms with Gasteiger partial charge in [-0.1, -0.05) is 6.92 Å². The Morgan fingerprint density at radius 1 is 1.75 bits per heavy atom. The third-order valence-electron chi connectivity index (χ3n) is 0.798. The standard InChI is InChI=1S/C4H9O2P.Fe/c1-3-4(2)6-7-5;/h4H,3H2,1-2H3;. The van der Waals surface area contributed by atoms with Gasteiger partial charge in [0.15, 0.2) is 0 Å². The predicted octanol–water partition coefficient (Wildman–Crippen LogP) is 2.01. The second-order valence-electron chi connectivity index (χ2n) is 1.40. The fraction of sp³-hybridized carbons (Fsp3) is 1.00. The molecule has 0 aromatic carbocycles. The monoisotopic (exact) mass is 176 g/mol. The van der Waals surface area contributed by atoms with Crippen LogP contribution in [0.4, 0.5) is 0 Å². The first-order valence-corrected chi connectivity index (χ1v) is 3.02. The molecule has 1 unspecified atom stereocenters. The van der Waals surface area contributed by atoms with Crippen molar-refractivity contribution >= 4 is 8.69 Å².